The zero-order chi connectivity index (χ0) is 13.5. The molecule has 0 amide bonds. The highest BCUT2D eigenvalue weighted by molar-refractivity contribution is 7.98. The quantitative estimate of drug-likeness (QED) is 0.878. The first-order chi connectivity index (χ1) is 9.12. The van der Waals surface area contributed by atoms with Crippen molar-refractivity contribution in [2.75, 3.05) is 6.26 Å². The van der Waals surface area contributed by atoms with Crippen LogP contribution in [0.15, 0.2) is 27.6 Å². The molecule has 4 nitrogen and oxygen atoms in total. The van der Waals surface area contributed by atoms with E-state index >= 15 is 0 Å². The van der Waals surface area contributed by atoms with E-state index in [4.69, 9.17) is 10.3 Å². The summed E-state index contributed by atoms with van der Waals surface area (Å²) in [6, 6.07) is 6.25. The van der Waals surface area contributed by atoms with E-state index in [1.807, 2.05) is 6.92 Å². The number of hydrogen-bond donors (Lipinski definition) is 1. The van der Waals surface area contributed by atoms with Crippen LogP contribution >= 0.6 is 24.2 Å². The van der Waals surface area contributed by atoms with Gasteiger partial charge in [0.05, 0.1) is 5.54 Å². The van der Waals surface area contributed by atoms with Crippen molar-refractivity contribution in [3.63, 3.8) is 0 Å². The molecule has 0 bridgehead atoms. The maximum Gasteiger partial charge on any atom is 0.258 e. The van der Waals surface area contributed by atoms with Crippen molar-refractivity contribution >= 4 is 24.2 Å². The molecule has 3 rings (SSSR count). The molecule has 1 fully saturated rings. The summed E-state index contributed by atoms with van der Waals surface area (Å²) in [5.74, 6) is 1.21. The van der Waals surface area contributed by atoms with Crippen molar-refractivity contribution in [1.29, 1.82) is 0 Å². The highest BCUT2D eigenvalue weighted by Crippen LogP contribution is 2.38. The molecule has 0 saturated heterocycles. The summed E-state index contributed by atoms with van der Waals surface area (Å²) >= 11 is 1.70. The maximum atomic E-state index is 6.22. The Morgan fingerprint density at radius 3 is 2.70 bits per heavy atom. The number of nitrogens with zero attached hydrogens (tertiary/aromatic N) is 2. The van der Waals surface area contributed by atoms with Crippen LogP contribution < -0.4 is 5.73 Å². The highest BCUT2D eigenvalue weighted by Gasteiger charge is 2.39. The summed E-state index contributed by atoms with van der Waals surface area (Å²) in [4.78, 5) is 5.68. The SMILES string of the molecule is CSc1ccc(C)c(-c2nc(C3(N)CCC3)no2)c1.Cl. The molecule has 0 atom stereocenters. The van der Waals surface area contributed by atoms with Gasteiger partial charge in [0, 0.05) is 10.5 Å². The van der Waals surface area contributed by atoms with E-state index in [2.05, 4.69) is 34.6 Å². The van der Waals surface area contributed by atoms with Crippen LogP contribution in [0, 0.1) is 6.92 Å². The summed E-state index contributed by atoms with van der Waals surface area (Å²) in [5, 5.41) is 4.07. The smallest absolute Gasteiger partial charge is 0.258 e. The van der Waals surface area contributed by atoms with E-state index in [1.165, 1.54) is 4.90 Å². The molecule has 2 N–H and O–H groups in total. The molecule has 1 heterocycles. The van der Waals surface area contributed by atoms with Gasteiger partial charge in [-0.15, -0.1) is 24.2 Å². The van der Waals surface area contributed by atoms with Gasteiger partial charge in [0.15, 0.2) is 5.82 Å². The minimum absolute atomic E-state index is 0. The summed E-state index contributed by atoms with van der Waals surface area (Å²) in [6.45, 7) is 2.05. The molecule has 1 saturated carbocycles. The van der Waals surface area contributed by atoms with Gasteiger partial charge in [-0.3, -0.25) is 0 Å². The van der Waals surface area contributed by atoms with Crippen LogP contribution in [0.1, 0.15) is 30.7 Å². The van der Waals surface area contributed by atoms with Gasteiger partial charge in [-0.1, -0.05) is 11.2 Å². The van der Waals surface area contributed by atoms with Crippen LogP contribution in [0.25, 0.3) is 11.5 Å². The van der Waals surface area contributed by atoms with Crippen LogP contribution in [0.2, 0.25) is 0 Å². The van der Waals surface area contributed by atoms with Crippen LogP contribution in [0.3, 0.4) is 0 Å². The molecular weight excluding hydrogens is 294 g/mol. The number of rotatable bonds is 3. The average Bonchev–Trinajstić information content (AvgIpc) is 2.86. The van der Waals surface area contributed by atoms with E-state index in [0.29, 0.717) is 11.7 Å². The van der Waals surface area contributed by atoms with E-state index in [1.54, 1.807) is 11.8 Å². The number of aryl methyl sites for hydroxylation is 1. The van der Waals surface area contributed by atoms with Crippen LogP contribution in [-0.2, 0) is 5.54 Å². The van der Waals surface area contributed by atoms with Gasteiger partial charge in [-0.2, -0.15) is 4.98 Å². The van der Waals surface area contributed by atoms with Crippen molar-refractivity contribution in [3.05, 3.63) is 29.6 Å². The molecule has 1 aliphatic rings. The first-order valence-electron chi connectivity index (χ1n) is 6.40. The Morgan fingerprint density at radius 1 is 1.35 bits per heavy atom. The van der Waals surface area contributed by atoms with E-state index < -0.39 is 0 Å². The average molecular weight is 312 g/mol. The van der Waals surface area contributed by atoms with Crippen molar-refractivity contribution < 1.29 is 4.52 Å². The number of benzene rings is 1. The summed E-state index contributed by atoms with van der Waals surface area (Å²) in [6.07, 6.45) is 5.07. The molecule has 108 valence electrons. The molecule has 6 heteroatoms. The molecule has 2 aromatic rings. The lowest BCUT2D eigenvalue weighted by atomic mass is 9.77. The molecular formula is C14H18ClN3OS. The van der Waals surface area contributed by atoms with Crippen LogP contribution in [0.5, 0.6) is 0 Å². The fraction of sp³-hybridized carbons (Fsp3) is 0.429. The first-order valence-corrected chi connectivity index (χ1v) is 7.63. The highest BCUT2D eigenvalue weighted by atomic mass is 35.5. The topological polar surface area (TPSA) is 64.9 Å². The zero-order valence-electron chi connectivity index (χ0n) is 11.5. The Morgan fingerprint density at radius 2 is 2.10 bits per heavy atom. The minimum Gasteiger partial charge on any atom is -0.334 e. The van der Waals surface area contributed by atoms with E-state index in [9.17, 15) is 0 Å². The number of aromatic nitrogens is 2. The second-order valence-electron chi connectivity index (χ2n) is 5.11. The lowest BCUT2D eigenvalue weighted by molar-refractivity contribution is 0.229. The van der Waals surface area contributed by atoms with Crippen molar-refractivity contribution in [3.8, 4) is 11.5 Å². The molecule has 0 unspecified atom stereocenters. The normalized spacial score (nSPS) is 16.4. The van der Waals surface area contributed by atoms with Crippen molar-refractivity contribution in [1.82, 2.24) is 10.1 Å². The largest absolute Gasteiger partial charge is 0.334 e. The Kier molecular flexibility index (Phi) is 4.42. The monoisotopic (exact) mass is 311 g/mol. The zero-order valence-corrected chi connectivity index (χ0v) is 13.2. The molecule has 0 radical (unpaired) electrons. The Bertz CT molecular complexity index is 610. The van der Waals surface area contributed by atoms with Gasteiger partial charge >= 0.3 is 0 Å². The summed E-state index contributed by atoms with van der Waals surface area (Å²) in [7, 11) is 0. The molecule has 20 heavy (non-hydrogen) atoms. The predicted molar refractivity (Wildman–Crippen MR) is 83.2 cm³/mol. The third kappa shape index (κ3) is 2.57. The van der Waals surface area contributed by atoms with Gasteiger partial charge in [0.25, 0.3) is 5.89 Å². The van der Waals surface area contributed by atoms with Gasteiger partial charge < -0.3 is 10.3 Å². The summed E-state index contributed by atoms with van der Waals surface area (Å²) in [5.41, 5.74) is 7.98. The number of thioether (sulfide) groups is 1. The number of nitrogens with two attached hydrogens (primary N) is 1. The number of halogens is 1. The predicted octanol–water partition coefficient (Wildman–Crippen LogP) is 3.53. The van der Waals surface area contributed by atoms with Gasteiger partial charge in [-0.25, -0.2) is 0 Å². The molecule has 0 spiro atoms. The van der Waals surface area contributed by atoms with Crippen molar-refractivity contribution in [2.24, 2.45) is 5.73 Å². The Balaban J connectivity index is 0.00000147. The fourth-order valence-electron chi connectivity index (χ4n) is 2.27. The third-order valence-corrected chi connectivity index (χ3v) is 4.52. The minimum atomic E-state index is -0.368. The molecule has 0 aliphatic heterocycles. The molecule has 1 aromatic carbocycles. The van der Waals surface area contributed by atoms with Crippen molar-refractivity contribution in [2.45, 2.75) is 36.6 Å². The Labute approximate surface area is 128 Å². The van der Waals surface area contributed by atoms with Crippen LogP contribution in [-0.4, -0.2) is 16.4 Å². The van der Waals surface area contributed by atoms with Crippen LogP contribution in [0.4, 0.5) is 0 Å². The standard InChI is InChI=1S/C14H17N3OS.ClH/c1-9-4-5-10(19-2)8-11(9)12-16-13(17-18-12)14(15)6-3-7-14;/h4-5,8H,3,6-7,15H2,1-2H3;1H. The van der Waals surface area contributed by atoms with Gasteiger partial charge in [-0.05, 0) is 50.1 Å². The van der Waals surface area contributed by atoms with Gasteiger partial charge in [0.2, 0.25) is 0 Å². The Hall–Kier alpha value is -1.04. The maximum absolute atomic E-state index is 6.22. The fourth-order valence-corrected chi connectivity index (χ4v) is 2.71. The lowest BCUT2D eigenvalue weighted by Crippen LogP contribution is -2.44. The molecule has 1 aliphatic carbocycles. The second-order valence-corrected chi connectivity index (χ2v) is 5.99. The third-order valence-electron chi connectivity index (χ3n) is 3.79. The number of hydrogen-bond acceptors (Lipinski definition) is 5. The van der Waals surface area contributed by atoms with E-state index in [0.717, 1.165) is 30.4 Å². The second kappa shape index (κ2) is 5.76. The molecule has 1 aromatic heterocycles. The van der Waals surface area contributed by atoms with E-state index in [-0.39, 0.29) is 17.9 Å². The van der Waals surface area contributed by atoms with Gasteiger partial charge in [0.1, 0.15) is 0 Å². The first kappa shape index (κ1) is 15.4. The lowest BCUT2D eigenvalue weighted by Gasteiger charge is -2.34. The summed E-state index contributed by atoms with van der Waals surface area (Å²) < 4.78 is 5.40.